The van der Waals surface area contributed by atoms with Crippen LogP contribution in [0.5, 0.6) is 5.75 Å². The van der Waals surface area contributed by atoms with E-state index in [4.69, 9.17) is 11.2 Å². The monoisotopic (exact) mass is 535 g/mol. The summed E-state index contributed by atoms with van der Waals surface area (Å²) in [4.78, 5) is 25.7. The molecule has 0 spiro atoms. The molecule has 0 aromatic heterocycles. The third kappa shape index (κ3) is 7.81. The van der Waals surface area contributed by atoms with Gasteiger partial charge in [-0.05, 0) is 67.3 Å². The Hall–Kier alpha value is -3.41. The highest BCUT2D eigenvalue weighted by molar-refractivity contribution is 5.88. The van der Waals surface area contributed by atoms with Gasteiger partial charge in [-0.25, -0.2) is 4.39 Å². The Morgan fingerprint density at radius 1 is 1.21 bits per heavy atom. The molecule has 4 N–H and O–H groups in total. The fraction of sp³-hybridized carbons (Fsp3) is 0.484. The number of carbonyl (C=O) groups excluding carboxylic acids is 2. The minimum Gasteiger partial charge on any atom is -0.493 e. The number of nitrogens with one attached hydrogen (secondary N) is 3. The molecular weight excluding hydrogens is 497 g/mol. The average molecular weight is 536 g/mol. The maximum absolute atomic E-state index is 14.5. The van der Waals surface area contributed by atoms with Crippen molar-refractivity contribution in [3.05, 3.63) is 65.0 Å². The molecule has 2 aliphatic rings. The van der Waals surface area contributed by atoms with Crippen LogP contribution in [-0.2, 0) is 28.0 Å². The van der Waals surface area contributed by atoms with Crippen molar-refractivity contribution in [3.8, 4) is 18.1 Å². The van der Waals surface area contributed by atoms with E-state index in [2.05, 4.69) is 53.1 Å². The maximum atomic E-state index is 14.5. The number of aliphatic hydroxyl groups excluding tert-OH is 1. The summed E-state index contributed by atoms with van der Waals surface area (Å²) >= 11 is 0. The minimum absolute atomic E-state index is 0.0166. The summed E-state index contributed by atoms with van der Waals surface area (Å²) in [5.74, 6) is 1.60. The van der Waals surface area contributed by atoms with E-state index in [0.717, 1.165) is 19.3 Å². The van der Waals surface area contributed by atoms with E-state index in [1.807, 2.05) is 0 Å². The molecule has 7 nitrogen and oxygen atoms in total. The number of halogens is 1. The zero-order valence-electron chi connectivity index (χ0n) is 22.5. The van der Waals surface area contributed by atoms with Crippen LogP contribution in [0.15, 0.2) is 42.5 Å². The Bertz CT molecular complexity index is 1210. The largest absolute Gasteiger partial charge is 0.493 e. The molecule has 3 atom stereocenters. The standard InChI is InChI=1S/C31H38FN3O4/c1-3-8-26-30(38)35-27(28(36)20-33-31(12-13-31)23-10-7-9-21(4-2)15-23)18-22-16-24(32)19-25(17-22)39-14-6-5-11-29(37)34-26/h1,7,9-10,15-17,19,26-28,33,36H,4-6,8,11-14,18,20H2,2H3,(H,34,37)(H,35,38)/t26-,27-,28+/m0/s1. The molecule has 1 aliphatic heterocycles. The maximum Gasteiger partial charge on any atom is 0.243 e. The van der Waals surface area contributed by atoms with Crippen LogP contribution < -0.4 is 20.7 Å². The van der Waals surface area contributed by atoms with Gasteiger partial charge in [-0.3, -0.25) is 9.59 Å². The number of aryl methyl sites for hydroxylation is 1. The van der Waals surface area contributed by atoms with Crippen LogP contribution in [0.25, 0.3) is 0 Å². The number of benzene rings is 2. The van der Waals surface area contributed by atoms with E-state index >= 15 is 0 Å². The van der Waals surface area contributed by atoms with Crippen LogP contribution >= 0.6 is 0 Å². The van der Waals surface area contributed by atoms with Crippen LogP contribution in [-0.4, -0.2) is 48.3 Å². The summed E-state index contributed by atoms with van der Waals surface area (Å²) in [5.41, 5.74) is 2.80. The van der Waals surface area contributed by atoms with Crippen LogP contribution in [0.1, 0.15) is 62.1 Å². The van der Waals surface area contributed by atoms with Gasteiger partial charge >= 0.3 is 0 Å². The first-order chi connectivity index (χ1) is 18.8. The van der Waals surface area contributed by atoms with Crippen molar-refractivity contribution >= 4 is 11.8 Å². The van der Waals surface area contributed by atoms with Gasteiger partial charge < -0.3 is 25.8 Å². The zero-order valence-corrected chi connectivity index (χ0v) is 22.5. The quantitative estimate of drug-likeness (QED) is 0.409. The lowest BCUT2D eigenvalue weighted by Crippen LogP contribution is -2.55. The highest BCUT2D eigenvalue weighted by Gasteiger charge is 2.44. The number of fused-ring (bicyclic) bond motifs is 2. The third-order valence-electron chi connectivity index (χ3n) is 7.51. The summed E-state index contributed by atoms with van der Waals surface area (Å²) in [5, 5.41) is 20.4. The molecule has 2 bridgehead atoms. The minimum atomic E-state index is -0.994. The molecule has 2 aromatic carbocycles. The number of terminal acetylenes is 1. The molecule has 1 aliphatic carbocycles. The third-order valence-corrected chi connectivity index (χ3v) is 7.51. The van der Waals surface area contributed by atoms with Gasteiger partial charge in [0.05, 0.1) is 18.8 Å². The molecular formula is C31H38FN3O4. The molecule has 39 heavy (non-hydrogen) atoms. The first kappa shape index (κ1) is 28.6. The van der Waals surface area contributed by atoms with Crippen molar-refractivity contribution < 1.29 is 23.8 Å². The van der Waals surface area contributed by atoms with Crippen LogP contribution in [0.3, 0.4) is 0 Å². The van der Waals surface area contributed by atoms with E-state index < -0.39 is 29.9 Å². The molecule has 4 rings (SSSR count). The van der Waals surface area contributed by atoms with Crippen molar-refractivity contribution in [3.63, 3.8) is 0 Å². The Labute approximate surface area is 229 Å². The lowest BCUT2D eigenvalue weighted by molar-refractivity contribution is -0.129. The summed E-state index contributed by atoms with van der Waals surface area (Å²) in [6.45, 7) is 2.66. The Balaban J connectivity index is 1.55. The van der Waals surface area contributed by atoms with Crippen LogP contribution in [0.4, 0.5) is 4.39 Å². The lowest BCUT2D eigenvalue weighted by Gasteiger charge is -2.29. The Morgan fingerprint density at radius 2 is 2.03 bits per heavy atom. The summed E-state index contributed by atoms with van der Waals surface area (Å²) in [6.07, 6.45) is 8.87. The van der Waals surface area contributed by atoms with E-state index in [-0.39, 0.29) is 37.3 Å². The molecule has 2 aromatic rings. The summed E-state index contributed by atoms with van der Waals surface area (Å²) < 4.78 is 20.2. The van der Waals surface area contributed by atoms with Gasteiger partial charge in [-0.1, -0.05) is 31.2 Å². The molecule has 0 radical (unpaired) electrons. The smallest absolute Gasteiger partial charge is 0.243 e. The van der Waals surface area contributed by atoms with Crippen molar-refractivity contribution in [2.75, 3.05) is 13.2 Å². The zero-order chi connectivity index (χ0) is 27.8. The number of carbonyl (C=O) groups is 2. The number of amides is 2. The second kappa shape index (κ2) is 13.1. The van der Waals surface area contributed by atoms with Gasteiger partial charge in [-0.2, -0.15) is 0 Å². The van der Waals surface area contributed by atoms with E-state index in [0.29, 0.717) is 30.8 Å². The fourth-order valence-electron chi connectivity index (χ4n) is 5.04. The molecule has 0 saturated heterocycles. The van der Waals surface area contributed by atoms with Crippen LogP contribution in [0.2, 0.25) is 0 Å². The average Bonchev–Trinajstić information content (AvgIpc) is 3.71. The number of aliphatic hydroxyl groups is 1. The molecule has 0 unspecified atom stereocenters. The van der Waals surface area contributed by atoms with Gasteiger partial charge in [0.15, 0.2) is 0 Å². The molecule has 2 amide bonds. The van der Waals surface area contributed by atoms with E-state index in [1.54, 1.807) is 6.07 Å². The highest BCUT2D eigenvalue weighted by Crippen LogP contribution is 2.45. The van der Waals surface area contributed by atoms with Gasteiger partial charge in [0.25, 0.3) is 0 Å². The second-order valence-electron chi connectivity index (χ2n) is 10.5. The fourth-order valence-corrected chi connectivity index (χ4v) is 5.04. The van der Waals surface area contributed by atoms with Crippen molar-refractivity contribution in [2.24, 2.45) is 0 Å². The number of ether oxygens (including phenoxy) is 1. The SMILES string of the molecule is C#CC[C@@H]1NC(=O)CCCCOc2cc(F)cc(c2)C[C@@H]([C@H](O)CNC2(c3cccc(CC)c3)CC2)NC1=O. The topological polar surface area (TPSA) is 99.7 Å². The van der Waals surface area contributed by atoms with Gasteiger partial charge in [0.1, 0.15) is 17.6 Å². The van der Waals surface area contributed by atoms with Crippen LogP contribution in [0, 0.1) is 18.2 Å². The summed E-state index contributed by atoms with van der Waals surface area (Å²) in [6, 6.07) is 11.2. The Kier molecular flexibility index (Phi) is 9.60. The molecule has 208 valence electrons. The molecule has 8 heteroatoms. The summed E-state index contributed by atoms with van der Waals surface area (Å²) in [7, 11) is 0. The molecule has 1 saturated carbocycles. The van der Waals surface area contributed by atoms with Crippen molar-refractivity contribution in [2.45, 2.75) is 82.0 Å². The normalized spacial score (nSPS) is 22.2. The first-order valence-electron chi connectivity index (χ1n) is 13.8. The predicted octanol–water partition coefficient (Wildman–Crippen LogP) is 3.13. The van der Waals surface area contributed by atoms with Crippen molar-refractivity contribution in [1.29, 1.82) is 0 Å². The number of rotatable bonds is 7. The number of hydrogen-bond donors (Lipinski definition) is 4. The second-order valence-corrected chi connectivity index (χ2v) is 10.5. The van der Waals surface area contributed by atoms with Gasteiger partial charge in [-0.15, -0.1) is 12.3 Å². The highest BCUT2D eigenvalue weighted by atomic mass is 19.1. The van der Waals surface area contributed by atoms with E-state index in [9.17, 15) is 19.1 Å². The lowest BCUT2D eigenvalue weighted by atomic mass is 9.98. The van der Waals surface area contributed by atoms with E-state index in [1.165, 1.54) is 23.3 Å². The first-order valence-corrected chi connectivity index (χ1v) is 13.8. The van der Waals surface area contributed by atoms with Gasteiger partial charge in [0, 0.05) is 31.0 Å². The van der Waals surface area contributed by atoms with Crippen molar-refractivity contribution in [1.82, 2.24) is 16.0 Å². The molecule has 1 heterocycles. The van der Waals surface area contributed by atoms with Gasteiger partial charge in [0.2, 0.25) is 11.8 Å². The molecule has 1 fully saturated rings. The Morgan fingerprint density at radius 3 is 2.77 bits per heavy atom. The predicted molar refractivity (Wildman–Crippen MR) is 148 cm³/mol. The number of hydrogen-bond acceptors (Lipinski definition) is 5.